The first kappa shape index (κ1) is 15.8. The number of benzene rings is 1. The fourth-order valence-corrected chi connectivity index (χ4v) is 1.64. The molecule has 6 heteroatoms. The van der Waals surface area contributed by atoms with Gasteiger partial charge >= 0.3 is 0 Å². The number of ether oxygens (including phenoxy) is 2. The lowest BCUT2D eigenvalue weighted by molar-refractivity contribution is -0.384. The van der Waals surface area contributed by atoms with Gasteiger partial charge in [-0.15, -0.1) is 0 Å². The van der Waals surface area contributed by atoms with Crippen LogP contribution in [0.4, 0.5) is 5.69 Å². The van der Waals surface area contributed by atoms with E-state index in [1.807, 2.05) is 13.8 Å². The molecule has 1 rings (SSSR count). The van der Waals surface area contributed by atoms with Crippen molar-refractivity contribution in [2.75, 3.05) is 13.7 Å². The Morgan fingerprint density at radius 3 is 2.65 bits per heavy atom. The van der Waals surface area contributed by atoms with E-state index in [4.69, 9.17) is 14.7 Å². The molecule has 0 atom stereocenters. The van der Waals surface area contributed by atoms with E-state index in [9.17, 15) is 10.1 Å². The molecule has 0 saturated carbocycles. The smallest absolute Gasteiger partial charge is 0.273 e. The molecule has 0 heterocycles. The van der Waals surface area contributed by atoms with Crippen molar-refractivity contribution in [2.45, 2.75) is 26.7 Å². The predicted molar refractivity (Wildman–Crippen MR) is 73.8 cm³/mol. The van der Waals surface area contributed by atoms with Crippen molar-refractivity contribution < 1.29 is 14.4 Å². The molecule has 0 aliphatic heterocycles. The van der Waals surface area contributed by atoms with Crippen LogP contribution in [0, 0.1) is 26.9 Å². The van der Waals surface area contributed by atoms with Crippen LogP contribution < -0.4 is 9.47 Å². The third kappa shape index (κ3) is 4.43. The second-order valence-corrected chi connectivity index (χ2v) is 5.04. The summed E-state index contributed by atoms with van der Waals surface area (Å²) < 4.78 is 10.6. The minimum absolute atomic E-state index is 0.0418. The fourth-order valence-electron chi connectivity index (χ4n) is 1.64. The Morgan fingerprint density at radius 1 is 1.40 bits per heavy atom. The molecular weight excluding hydrogens is 260 g/mol. The zero-order valence-corrected chi connectivity index (χ0v) is 11.9. The van der Waals surface area contributed by atoms with Gasteiger partial charge in [0.2, 0.25) is 0 Å². The fraction of sp³-hybridized carbons (Fsp3) is 0.500. The van der Waals surface area contributed by atoms with Gasteiger partial charge in [0.15, 0.2) is 11.5 Å². The lowest BCUT2D eigenvalue weighted by Gasteiger charge is -2.15. The molecule has 0 amide bonds. The van der Waals surface area contributed by atoms with Gasteiger partial charge in [-0.3, -0.25) is 10.1 Å². The summed E-state index contributed by atoms with van der Waals surface area (Å²) in [5.74, 6) is 0.798. The van der Waals surface area contributed by atoms with Crippen LogP contribution in [0.1, 0.15) is 26.7 Å². The zero-order chi connectivity index (χ0) is 15.2. The van der Waals surface area contributed by atoms with Crippen molar-refractivity contribution in [3.8, 4) is 17.6 Å². The standard InChI is InChI=1S/C14H18N2O4/c1-14(2,10-15)7-4-8-20-12-6-5-11(16(17)18)9-13(12)19-3/h5-6,9H,4,7-8H2,1-3H3. The average molecular weight is 278 g/mol. The number of nitriles is 1. The first-order valence-electron chi connectivity index (χ1n) is 6.26. The van der Waals surface area contributed by atoms with Crippen LogP contribution in [0.3, 0.4) is 0 Å². The zero-order valence-electron chi connectivity index (χ0n) is 11.9. The minimum atomic E-state index is -0.484. The van der Waals surface area contributed by atoms with Crippen LogP contribution >= 0.6 is 0 Å². The van der Waals surface area contributed by atoms with Crippen molar-refractivity contribution in [1.29, 1.82) is 5.26 Å². The highest BCUT2D eigenvalue weighted by atomic mass is 16.6. The lowest BCUT2D eigenvalue weighted by atomic mass is 9.90. The van der Waals surface area contributed by atoms with Gasteiger partial charge in [0.05, 0.1) is 36.2 Å². The number of non-ortho nitro benzene ring substituents is 1. The van der Waals surface area contributed by atoms with E-state index in [2.05, 4.69) is 6.07 Å². The maximum atomic E-state index is 10.7. The molecule has 108 valence electrons. The molecule has 0 unspecified atom stereocenters. The number of nitro benzene ring substituents is 1. The first-order chi connectivity index (χ1) is 9.39. The number of hydrogen-bond acceptors (Lipinski definition) is 5. The van der Waals surface area contributed by atoms with Crippen molar-refractivity contribution in [3.05, 3.63) is 28.3 Å². The highest BCUT2D eigenvalue weighted by Gasteiger charge is 2.16. The van der Waals surface area contributed by atoms with Crippen molar-refractivity contribution in [2.24, 2.45) is 5.41 Å². The molecule has 0 spiro atoms. The van der Waals surface area contributed by atoms with Gasteiger partial charge in [0, 0.05) is 6.07 Å². The van der Waals surface area contributed by atoms with Crippen molar-refractivity contribution in [1.82, 2.24) is 0 Å². The van der Waals surface area contributed by atoms with Crippen molar-refractivity contribution >= 4 is 5.69 Å². The van der Waals surface area contributed by atoms with Crippen LogP contribution in [-0.4, -0.2) is 18.6 Å². The number of hydrogen-bond donors (Lipinski definition) is 0. The number of nitro groups is 1. The van der Waals surface area contributed by atoms with E-state index in [0.717, 1.165) is 12.8 Å². The summed E-state index contributed by atoms with van der Waals surface area (Å²) in [5.41, 5.74) is -0.414. The summed E-state index contributed by atoms with van der Waals surface area (Å²) in [7, 11) is 1.44. The topological polar surface area (TPSA) is 85.4 Å². The average Bonchev–Trinajstić information content (AvgIpc) is 2.43. The molecule has 0 N–H and O–H groups in total. The summed E-state index contributed by atoms with van der Waals surface area (Å²) in [4.78, 5) is 10.2. The molecule has 20 heavy (non-hydrogen) atoms. The molecule has 0 radical (unpaired) electrons. The van der Waals surface area contributed by atoms with E-state index in [0.29, 0.717) is 18.1 Å². The molecule has 1 aromatic carbocycles. The molecule has 0 aromatic heterocycles. The van der Waals surface area contributed by atoms with Crippen LogP contribution in [-0.2, 0) is 0 Å². The Bertz CT molecular complexity index is 520. The second kappa shape index (κ2) is 6.75. The second-order valence-electron chi connectivity index (χ2n) is 5.04. The Hall–Kier alpha value is -2.29. The van der Waals surface area contributed by atoms with Gasteiger partial charge < -0.3 is 9.47 Å². The van der Waals surface area contributed by atoms with E-state index in [1.165, 1.54) is 25.3 Å². The van der Waals surface area contributed by atoms with Crippen LogP contribution in [0.25, 0.3) is 0 Å². The Labute approximate surface area is 118 Å². The number of methoxy groups -OCH3 is 1. The Kier molecular flexibility index (Phi) is 5.32. The number of nitrogens with zero attached hydrogens (tertiary/aromatic N) is 2. The quantitative estimate of drug-likeness (QED) is 0.434. The lowest BCUT2D eigenvalue weighted by Crippen LogP contribution is -2.10. The van der Waals surface area contributed by atoms with Gasteiger partial charge in [-0.1, -0.05) is 0 Å². The van der Waals surface area contributed by atoms with Gasteiger partial charge in [-0.2, -0.15) is 5.26 Å². The van der Waals surface area contributed by atoms with E-state index in [1.54, 1.807) is 0 Å². The largest absolute Gasteiger partial charge is 0.493 e. The maximum Gasteiger partial charge on any atom is 0.273 e. The molecule has 0 aliphatic carbocycles. The van der Waals surface area contributed by atoms with Gasteiger partial charge in [-0.25, -0.2) is 0 Å². The summed E-state index contributed by atoms with van der Waals surface area (Å²) in [5, 5.41) is 19.6. The van der Waals surface area contributed by atoms with Gasteiger partial charge in [0.25, 0.3) is 5.69 Å². The molecule has 1 aromatic rings. The third-order valence-corrected chi connectivity index (χ3v) is 2.86. The van der Waals surface area contributed by atoms with E-state index >= 15 is 0 Å². The molecule has 0 fully saturated rings. The monoisotopic (exact) mass is 278 g/mol. The Balaban J connectivity index is 2.61. The van der Waals surface area contributed by atoms with E-state index in [-0.39, 0.29) is 11.1 Å². The third-order valence-electron chi connectivity index (χ3n) is 2.86. The minimum Gasteiger partial charge on any atom is -0.493 e. The molecule has 0 bridgehead atoms. The predicted octanol–water partition coefficient (Wildman–Crippen LogP) is 3.31. The van der Waals surface area contributed by atoms with Crippen LogP contribution in [0.15, 0.2) is 18.2 Å². The molecule has 0 saturated heterocycles. The highest BCUT2D eigenvalue weighted by molar-refractivity contribution is 5.48. The van der Waals surface area contributed by atoms with Crippen LogP contribution in [0.5, 0.6) is 11.5 Å². The van der Waals surface area contributed by atoms with Gasteiger partial charge in [-0.05, 0) is 32.8 Å². The Morgan fingerprint density at radius 2 is 2.10 bits per heavy atom. The first-order valence-corrected chi connectivity index (χ1v) is 6.26. The molecule has 6 nitrogen and oxygen atoms in total. The molecule has 0 aliphatic rings. The highest BCUT2D eigenvalue weighted by Crippen LogP contribution is 2.31. The van der Waals surface area contributed by atoms with Crippen LogP contribution in [0.2, 0.25) is 0 Å². The summed E-state index contributed by atoms with van der Waals surface area (Å²) in [6.45, 7) is 4.18. The van der Waals surface area contributed by atoms with Crippen molar-refractivity contribution in [3.63, 3.8) is 0 Å². The summed E-state index contributed by atoms with van der Waals surface area (Å²) >= 11 is 0. The molecular formula is C14H18N2O4. The summed E-state index contributed by atoms with van der Waals surface area (Å²) in [6, 6.07) is 6.45. The number of rotatable bonds is 7. The van der Waals surface area contributed by atoms with Gasteiger partial charge in [0.1, 0.15) is 0 Å². The maximum absolute atomic E-state index is 10.7. The summed E-state index contributed by atoms with van der Waals surface area (Å²) in [6.07, 6.45) is 1.44. The normalized spacial score (nSPS) is 10.7. The van der Waals surface area contributed by atoms with E-state index < -0.39 is 4.92 Å². The SMILES string of the molecule is COc1cc([N+](=O)[O-])ccc1OCCCC(C)(C)C#N.